The van der Waals surface area contributed by atoms with Crippen molar-refractivity contribution in [3.8, 4) is 0 Å². The lowest BCUT2D eigenvalue weighted by molar-refractivity contribution is -0.385. The number of aromatic nitrogens is 1. The van der Waals surface area contributed by atoms with Crippen LogP contribution in [0.4, 0.5) is 10.1 Å². The Balaban J connectivity index is 1.86. The number of pyridine rings is 1. The molecule has 1 heterocycles. The Morgan fingerprint density at radius 2 is 1.95 bits per heavy atom. The lowest BCUT2D eigenvalue weighted by atomic mass is 10.1. The number of halogens is 1. The molecule has 0 aliphatic heterocycles. The maximum absolute atomic E-state index is 13.2. The minimum atomic E-state index is -0.594. The Morgan fingerprint density at radius 1 is 1.20 bits per heavy atom. The first-order valence-electron chi connectivity index (χ1n) is 6.18. The van der Waals surface area contributed by atoms with Gasteiger partial charge in [0.05, 0.1) is 11.0 Å². The van der Waals surface area contributed by atoms with Crippen LogP contribution in [0.1, 0.15) is 11.1 Å². The lowest BCUT2D eigenvalue weighted by Gasteiger charge is -2.05. The molecule has 0 radical (unpaired) electrons. The van der Waals surface area contributed by atoms with Gasteiger partial charge in [-0.3, -0.25) is 15.1 Å². The van der Waals surface area contributed by atoms with E-state index in [-0.39, 0.29) is 5.69 Å². The first-order chi connectivity index (χ1) is 9.65. The molecule has 0 saturated carbocycles. The topological polar surface area (TPSA) is 68.1 Å². The maximum atomic E-state index is 13.2. The molecule has 1 aromatic heterocycles. The summed E-state index contributed by atoms with van der Waals surface area (Å²) in [5, 5.41) is 13.8. The Hall–Kier alpha value is -2.34. The number of nitrogens with zero attached hydrogens (tertiary/aromatic N) is 2. The summed E-state index contributed by atoms with van der Waals surface area (Å²) in [5.74, 6) is -0.592. The van der Waals surface area contributed by atoms with Crippen LogP contribution < -0.4 is 5.32 Å². The number of rotatable bonds is 6. The standard InChI is InChI=1S/C14H14FN3O2/c15-13-7-12(8-14(9-13)18(19)20)10-17-6-3-11-1-4-16-5-2-11/h1-2,4-5,7-9,17H,3,6,10H2. The zero-order valence-electron chi connectivity index (χ0n) is 10.8. The smallest absolute Gasteiger partial charge is 0.272 e. The monoisotopic (exact) mass is 275 g/mol. The Morgan fingerprint density at radius 3 is 2.65 bits per heavy atom. The van der Waals surface area contributed by atoms with E-state index in [0.717, 1.165) is 18.1 Å². The molecule has 0 unspecified atom stereocenters. The van der Waals surface area contributed by atoms with E-state index in [1.165, 1.54) is 12.1 Å². The molecule has 1 N–H and O–H groups in total. The van der Waals surface area contributed by atoms with Crippen molar-refractivity contribution in [2.75, 3.05) is 6.54 Å². The van der Waals surface area contributed by atoms with Gasteiger partial charge in [0.25, 0.3) is 5.69 Å². The number of non-ortho nitro benzene ring substituents is 1. The van der Waals surface area contributed by atoms with Crippen LogP contribution in [-0.2, 0) is 13.0 Å². The fraction of sp³-hybridized carbons (Fsp3) is 0.214. The summed E-state index contributed by atoms with van der Waals surface area (Å²) in [5.41, 5.74) is 1.49. The van der Waals surface area contributed by atoms with Gasteiger partial charge in [-0.15, -0.1) is 0 Å². The molecule has 104 valence electrons. The molecule has 0 bridgehead atoms. The third kappa shape index (κ3) is 4.10. The average Bonchev–Trinajstić information content (AvgIpc) is 2.44. The van der Waals surface area contributed by atoms with Crippen molar-refractivity contribution in [2.24, 2.45) is 0 Å². The number of hydrogen-bond donors (Lipinski definition) is 1. The summed E-state index contributed by atoms with van der Waals surface area (Å²) < 4.78 is 13.2. The predicted octanol–water partition coefficient (Wildman–Crippen LogP) is 2.46. The van der Waals surface area contributed by atoms with E-state index in [1.54, 1.807) is 12.4 Å². The highest BCUT2D eigenvalue weighted by atomic mass is 19.1. The van der Waals surface area contributed by atoms with Crippen molar-refractivity contribution in [1.29, 1.82) is 0 Å². The molecule has 5 nitrogen and oxygen atoms in total. The van der Waals surface area contributed by atoms with E-state index in [1.807, 2.05) is 12.1 Å². The lowest BCUT2D eigenvalue weighted by Crippen LogP contribution is -2.16. The van der Waals surface area contributed by atoms with E-state index in [2.05, 4.69) is 10.3 Å². The van der Waals surface area contributed by atoms with Gasteiger partial charge in [-0.1, -0.05) is 0 Å². The van der Waals surface area contributed by atoms with Crippen LogP contribution >= 0.6 is 0 Å². The third-order valence-corrected chi connectivity index (χ3v) is 2.82. The molecular formula is C14H14FN3O2. The summed E-state index contributed by atoms with van der Waals surface area (Å²) in [6, 6.07) is 7.44. The van der Waals surface area contributed by atoms with Crippen LogP contribution in [0.25, 0.3) is 0 Å². The first-order valence-corrected chi connectivity index (χ1v) is 6.18. The van der Waals surface area contributed by atoms with Gasteiger partial charge in [-0.25, -0.2) is 4.39 Å². The normalized spacial score (nSPS) is 10.4. The van der Waals surface area contributed by atoms with E-state index in [9.17, 15) is 14.5 Å². The van der Waals surface area contributed by atoms with Crippen LogP contribution in [0.2, 0.25) is 0 Å². The average molecular weight is 275 g/mol. The van der Waals surface area contributed by atoms with Gasteiger partial charge in [0.1, 0.15) is 5.82 Å². The fourth-order valence-corrected chi connectivity index (χ4v) is 1.86. The molecule has 0 spiro atoms. The number of hydrogen-bond acceptors (Lipinski definition) is 4. The number of nitrogens with one attached hydrogen (secondary N) is 1. The predicted molar refractivity (Wildman–Crippen MR) is 72.7 cm³/mol. The molecule has 2 rings (SSSR count). The summed E-state index contributed by atoms with van der Waals surface area (Å²) in [6.07, 6.45) is 4.27. The van der Waals surface area contributed by atoms with Crippen LogP contribution in [0.5, 0.6) is 0 Å². The zero-order valence-corrected chi connectivity index (χ0v) is 10.8. The number of benzene rings is 1. The Bertz CT molecular complexity index is 590. The zero-order chi connectivity index (χ0) is 14.4. The van der Waals surface area contributed by atoms with Crippen molar-refractivity contribution in [3.63, 3.8) is 0 Å². The highest BCUT2D eigenvalue weighted by Gasteiger charge is 2.09. The molecule has 1 aromatic carbocycles. The van der Waals surface area contributed by atoms with Crippen molar-refractivity contribution in [1.82, 2.24) is 10.3 Å². The van der Waals surface area contributed by atoms with Crippen LogP contribution in [0.3, 0.4) is 0 Å². The minimum absolute atomic E-state index is 0.226. The quantitative estimate of drug-likeness (QED) is 0.499. The molecular weight excluding hydrogens is 261 g/mol. The highest BCUT2D eigenvalue weighted by Crippen LogP contribution is 2.16. The molecule has 0 atom stereocenters. The van der Waals surface area contributed by atoms with Crippen molar-refractivity contribution in [3.05, 3.63) is 69.8 Å². The second kappa shape index (κ2) is 6.72. The molecule has 20 heavy (non-hydrogen) atoms. The molecule has 0 amide bonds. The van der Waals surface area contributed by atoms with Crippen LogP contribution in [0, 0.1) is 15.9 Å². The van der Waals surface area contributed by atoms with Gasteiger partial charge >= 0.3 is 0 Å². The minimum Gasteiger partial charge on any atom is -0.312 e. The Kier molecular flexibility index (Phi) is 4.73. The summed E-state index contributed by atoms with van der Waals surface area (Å²) >= 11 is 0. The molecule has 0 aliphatic rings. The van der Waals surface area contributed by atoms with Crippen LogP contribution in [-0.4, -0.2) is 16.5 Å². The van der Waals surface area contributed by atoms with Gasteiger partial charge in [0, 0.05) is 25.0 Å². The van der Waals surface area contributed by atoms with Crippen molar-refractivity contribution in [2.45, 2.75) is 13.0 Å². The number of nitro benzene ring substituents is 1. The van der Waals surface area contributed by atoms with E-state index < -0.39 is 10.7 Å². The van der Waals surface area contributed by atoms with E-state index in [4.69, 9.17) is 0 Å². The second-order valence-electron chi connectivity index (χ2n) is 4.36. The van der Waals surface area contributed by atoms with E-state index >= 15 is 0 Å². The SMILES string of the molecule is O=[N+]([O-])c1cc(F)cc(CNCCc2ccncc2)c1. The number of nitro groups is 1. The van der Waals surface area contributed by atoms with Gasteiger partial charge in [0.15, 0.2) is 0 Å². The summed E-state index contributed by atoms with van der Waals surface area (Å²) in [4.78, 5) is 14.0. The molecule has 2 aromatic rings. The molecule has 6 heteroatoms. The molecule has 0 fully saturated rings. The van der Waals surface area contributed by atoms with Crippen molar-refractivity contribution < 1.29 is 9.31 Å². The van der Waals surface area contributed by atoms with Gasteiger partial charge < -0.3 is 5.32 Å². The van der Waals surface area contributed by atoms with E-state index in [0.29, 0.717) is 18.7 Å². The highest BCUT2D eigenvalue weighted by molar-refractivity contribution is 5.35. The second-order valence-corrected chi connectivity index (χ2v) is 4.36. The Labute approximate surface area is 115 Å². The largest absolute Gasteiger partial charge is 0.312 e. The summed E-state index contributed by atoms with van der Waals surface area (Å²) in [6.45, 7) is 1.10. The third-order valence-electron chi connectivity index (χ3n) is 2.82. The van der Waals surface area contributed by atoms with Gasteiger partial charge in [-0.2, -0.15) is 0 Å². The van der Waals surface area contributed by atoms with Gasteiger partial charge in [0.2, 0.25) is 0 Å². The van der Waals surface area contributed by atoms with Crippen molar-refractivity contribution >= 4 is 5.69 Å². The van der Waals surface area contributed by atoms with Crippen LogP contribution in [0.15, 0.2) is 42.7 Å². The molecule has 0 aliphatic carbocycles. The molecule has 0 saturated heterocycles. The maximum Gasteiger partial charge on any atom is 0.272 e. The summed E-state index contributed by atoms with van der Waals surface area (Å²) in [7, 11) is 0. The first kappa shape index (κ1) is 14.1. The fourth-order valence-electron chi connectivity index (χ4n) is 1.86. The van der Waals surface area contributed by atoms with Gasteiger partial charge in [-0.05, 0) is 42.3 Å².